The molecule has 0 saturated carbocycles. The third kappa shape index (κ3) is 6.30. The minimum atomic E-state index is -0.306. The number of hydrogen-bond donors (Lipinski definition) is 0. The first-order valence-corrected chi connectivity index (χ1v) is 9.98. The molecule has 2 aromatic carbocycles. The number of rotatable bonds is 9. The van der Waals surface area contributed by atoms with Crippen molar-refractivity contribution >= 4 is 16.8 Å². The summed E-state index contributed by atoms with van der Waals surface area (Å²) in [6, 6.07) is 14.7. The van der Waals surface area contributed by atoms with Crippen LogP contribution < -0.4 is 4.74 Å². The van der Waals surface area contributed by atoms with Crippen LogP contribution >= 0.6 is 11.6 Å². The van der Waals surface area contributed by atoms with E-state index >= 15 is 0 Å². The Morgan fingerprint density at radius 1 is 1.21 bits per heavy atom. The minimum Gasteiger partial charge on any atom is -0.494 e. The SMILES string of the molecule is O=C(Cl)CCN1CCOC(c2ccc(OCCCc3ccccc3F)cc2)C1. The molecular formula is C22H25ClFNO3. The molecule has 2 aromatic rings. The first-order chi connectivity index (χ1) is 13.6. The first kappa shape index (κ1) is 20.8. The van der Waals surface area contributed by atoms with E-state index in [1.807, 2.05) is 30.3 Å². The highest BCUT2D eigenvalue weighted by Gasteiger charge is 2.22. The Morgan fingerprint density at radius 2 is 2.00 bits per heavy atom. The lowest BCUT2D eigenvalue weighted by molar-refractivity contribution is -0.112. The number of halogens is 2. The number of benzene rings is 2. The van der Waals surface area contributed by atoms with Crippen LogP contribution in [0.5, 0.6) is 5.75 Å². The van der Waals surface area contributed by atoms with E-state index in [4.69, 9.17) is 21.1 Å². The van der Waals surface area contributed by atoms with Crippen LogP contribution in [-0.4, -0.2) is 43.0 Å². The fourth-order valence-corrected chi connectivity index (χ4v) is 3.37. The fraction of sp³-hybridized carbons (Fsp3) is 0.409. The van der Waals surface area contributed by atoms with Crippen LogP contribution in [0.2, 0.25) is 0 Å². The van der Waals surface area contributed by atoms with Crippen LogP contribution in [0.4, 0.5) is 4.39 Å². The van der Waals surface area contributed by atoms with Gasteiger partial charge in [0.2, 0.25) is 5.24 Å². The van der Waals surface area contributed by atoms with E-state index in [0.717, 1.165) is 36.4 Å². The summed E-state index contributed by atoms with van der Waals surface area (Å²) in [5, 5.41) is -0.306. The molecule has 0 bridgehead atoms. The van der Waals surface area contributed by atoms with Gasteiger partial charge in [-0.15, -0.1) is 0 Å². The van der Waals surface area contributed by atoms with E-state index in [2.05, 4.69) is 4.90 Å². The molecule has 1 aliphatic rings. The lowest BCUT2D eigenvalue weighted by Crippen LogP contribution is -2.39. The van der Waals surface area contributed by atoms with Gasteiger partial charge in [0.05, 0.1) is 19.3 Å². The van der Waals surface area contributed by atoms with Crippen molar-refractivity contribution < 1.29 is 18.7 Å². The van der Waals surface area contributed by atoms with Crippen LogP contribution in [0, 0.1) is 5.82 Å². The van der Waals surface area contributed by atoms with Gasteiger partial charge in [0.25, 0.3) is 0 Å². The second-order valence-electron chi connectivity index (χ2n) is 6.88. The van der Waals surface area contributed by atoms with Gasteiger partial charge in [0, 0.05) is 26.1 Å². The zero-order valence-corrected chi connectivity index (χ0v) is 16.5. The average molecular weight is 406 g/mol. The van der Waals surface area contributed by atoms with Gasteiger partial charge in [-0.1, -0.05) is 30.3 Å². The van der Waals surface area contributed by atoms with Gasteiger partial charge in [-0.3, -0.25) is 9.69 Å². The molecule has 3 rings (SSSR count). The molecule has 0 amide bonds. The molecule has 1 heterocycles. The maximum atomic E-state index is 13.6. The Labute approximate surface area is 170 Å². The summed E-state index contributed by atoms with van der Waals surface area (Å²) < 4.78 is 25.2. The maximum absolute atomic E-state index is 13.6. The summed E-state index contributed by atoms with van der Waals surface area (Å²) in [7, 11) is 0. The van der Waals surface area contributed by atoms with Gasteiger partial charge in [-0.2, -0.15) is 0 Å². The van der Waals surface area contributed by atoms with Gasteiger partial charge >= 0.3 is 0 Å². The van der Waals surface area contributed by atoms with E-state index in [1.54, 1.807) is 12.1 Å². The molecular weight excluding hydrogens is 381 g/mol. The number of ether oxygens (including phenoxy) is 2. The third-order valence-corrected chi connectivity index (χ3v) is 5.03. The summed E-state index contributed by atoms with van der Waals surface area (Å²) in [6.07, 6.45) is 1.74. The fourth-order valence-electron chi connectivity index (χ4n) is 3.29. The van der Waals surface area contributed by atoms with Crippen LogP contribution in [0.15, 0.2) is 48.5 Å². The van der Waals surface area contributed by atoms with E-state index in [-0.39, 0.29) is 17.2 Å². The van der Waals surface area contributed by atoms with Crippen molar-refractivity contribution in [2.45, 2.75) is 25.4 Å². The highest BCUT2D eigenvalue weighted by molar-refractivity contribution is 6.63. The molecule has 1 unspecified atom stereocenters. The Bertz CT molecular complexity index is 769. The Balaban J connectivity index is 1.44. The smallest absolute Gasteiger partial charge is 0.222 e. The predicted octanol–water partition coefficient (Wildman–Crippen LogP) is 4.37. The first-order valence-electron chi connectivity index (χ1n) is 9.60. The normalized spacial score (nSPS) is 17.4. The predicted molar refractivity (Wildman–Crippen MR) is 107 cm³/mol. The molecule has 4 nitrogen and oxygen atoms in total. The Morgan fingerprint density at radius 3 is 2.75 bits per heavy atom. The van der Waals surface area contributed by atoms with Crippen molar-refractivity contribution in [1.29, 1.82) is 0 Å². The van der Waals surface area contributed by atoms with Gasteiger partial charge < -0.3 is 9.47 Å². The average Bonchev–Trinajstić information content (AvgIpc) is 2.71. The quantitative estimate of drug-likeness (QED) is 0.459. The summed E-state index contributed by atoms with van der Waals surface area (Å²) >= 11 is 5.43. The standard InChI is InChI=1S/C22H25ClFNO3/c23-22(26)11-12-25-13-15-28-21(16-25)18-7-9-19(10-8-18)27-14-3-5-17-4-1-2-6-20(17)24/h1-2,4,6-10,21H,3,5,11-16H2. The molecule has 6 heteroatoms. The van der Waals surface area contributed by atoms with Gasteiger partial charge in [-0.25, -0.2) is 4.39 Å². The summed E-state index contributed by atoms with van der Waals surface area (Å²) in [5.41, 5.74) is 1.80. The van der Waals surface area contributed by atoms with Crippen LogP contribution in [0.1, 0.15) is 30.1 Å². The lowest BCUT2D eigenvalue weighted by Gasteiger charge is -2.32. The number of nitrogens with zero attached hydrogens (tertiary/aromatic N) is 1. The molecule has 1 saturated heterocycles. The molecule has 0 aliphatic carbocycles. The molecule has 0 spiro atoms. The number of aryl methyl sites for hydroxylation is 1. The van der Waals surface area contributed by atoms with Crippen LogP contribution in [-0.2, 0) is 16.0 Å². The zero-order valence-electron chi connectivity index (χ0n) is 15.8. The molecule has 0 radical (unpaired) electrons. The molecule has 0 aromatic heterocycles. The van der Waals surface area contributed by atoms with Gasteiger partial charge in [0.15, 0.2) is 0 Å². The van der Waals surface area contributed by atoms with E-state index in [0.29, 0.717) is 32.6 Å². The Hall–Kier alpha value is -1.95. The highest BCUT2D eigenvalue weighted by Crippen LogP contribution is 2.24. The number of carbonyl (C=O) groups excluding carboxylic acids is 1. The second kappa shape index (κ2) is 10.6. The monoisotopic (exact) mass is 405 g/mol. The molecule has 0 N–H and O–H groups in total. The van der Waals surface area contributed by atoms with Crippen molar-refractivity contribution in [3.05, 3.63) is 65.5 Å². The van der Waals surface area contributed by atoms with Crippen molar-refractivity contribution in [2.75, 3.05) is 32.8 Å². The number of hydrogen-bond acceptors (Lipinski definition) is 4. The summed E-state index contributed by atoms with van der Waals surface area (Å²) in [4.78, 5) is 13.2. The molecule has 150 valence electrons. The van der Waals surface area contributed by atoms with Gasteiger partial charge in [0.1, 0.15) is 11.6 Å². The van der Waals surface area contributed by atoms with Crippen molar-refractivity contribution in [1.82, 2.24) is 4.90 Å². The molecule has 1 atom stereocenters. The van der Waals surface area contributed by atoms with E-state index in [1.165, 1.54) is 6.07 Å². The zero-order chi connectivity index (χ0) is 19.8. The largest absolute Gasteiger partial charge is 0.494 e. The van der Waals surface area contributed by atoms with Crippen LogP contribution in [0.25, 0.3) is 0 Å². The van der Waals surface area contributed by atoms with E-state index < -0.39 is 0 Å². The van der Waals surface area contributed by atoms with Gasteiger partial charge in [-0.05, 0) is 53.8 Å². The summed E-state index contributed by atoms with van der Waals surface area (Å²) in [5.74, 6) is 0.626. The molecule has 1 aliphatic heterocycles. The lowest BCUT2D eigenvalue weighted by atomic mass is 10.1. The third-order valence-electron chi connectivity index (χ3n) is 4.84. The van der Waals surface area contributed by atoms with Crippen molar-refractivity contribution in [3.63, 3.8) is 0 Å². The number of carbonyl (C=O) groups is 1. The number of morpholine rings is 1. The maximum Gasteiger partial charge on any atom is 0.222 e. The van der Waals surface area contributed by atoms with Crippen LogP contribution in [0.3, 0.4) is 0 Å². The Kier molecular flexibility index (Phi) is 7.83. The minimum absolute atomic E-state index is 0.0192. The highest BCUT2D eigenvalue weighted by atomic mass is 35.5. The second-order valence-corrected chi connectivity index (χ2v) is 7.30. The topological polar surface area (TPSA) is 38.8 Å². The van der Waals surface area contributed by atoms with Crippen molar-refractivity contribution in [3.8, 4) is 5.75 Å². The summed E-state index contributed by atoms with van der Waals surface area (Å²) in [6.45, 7) is 3.38. The van der Waals surface area contributed by atoms with E-state index in [9.17, 15) is 9.18 Å². The van der Waals surface area contributed by atoms with Crippen molar-refractivity contribution in [2.24, 2.45) is 0 Å². The molecule has 1 fully saturated rings. The molecule has 28 heavy (non-hydrogen) atoms.